The molecule has 0 saturated heterocycles. The van der Waals surface area contributed by atoms with Gasteiger partial charge in [-0.1, -0.05) is 23.7 Å². The topological polar surface area (TPSA) is 97.8 Å². The second-order valence-electron chi connectivity index (χ2n) is 6.56. The van der Waals surface area contributed by atoms with Crippen LogP contribution in [-0.4, -0.2) is 29.5 Å². The molecule has 1 aliphatic heterocycles. The van der Waals surface area contributed by atoms with E-state index in [0.717, 1.165) is 0 Å². The molecule has 7 nitrogen and oxygen atoms in total. The molecule has 2 aromatic carbocycles. The van der Waals surface area contributed by atoms with Crippen molar-refractivity contribution in [1.82, 2.24) is 4.98 Å². The number of carbonyl (C=O) groups excluding carboxylic acids is 1. The fraction of sp³-hybridized carbons (Fsp3) is 0.238. The molecule has 2 N–H and O–H groups in total. The molecule has 0 unspecified atom stereocenters. The number of pyridine rings is 1. The minimum Gasteiger partial charge on any atom is -0.507 e. The van der Waals surface area contributed by atoms with Crippen molar-refractivity contribution in [3.63, 3.8) is 0 Å². The summed E-state index contributed by atoms with van der Waals surface area (Å²) >= 11 is 6.31. The van der Waals surface area contributed by atoms with Gasteiger partial charge in [-0.05, 0) is 36.8 Å². The quantitative estimate of drug-likeness (QED) is 0.616. The van der Waals surface area contributed by atoms with Crippen molar-refractivity contribution in [2.24, 2.45) is 0 Å². The Hall–Kier alpha value is -3.19. The van der Waals surface area contributed by atoms with Crippen molar-refractivity contribution in [3.05, 3.63) is 62.9 Å². The number of ether oxygens (including phenoxy) is 3. The van der Waals surface area contributed by atoms with Crippen molar-refractivity contribution >= 4 is 28.5 Å². The summed E-state index contributed by atoms with van der Waals surface area (Å²) in [7, 11) is 0. The van der Waals surface area contributed by atoms with Crippen LogP contribution >= 0.6 is 11.6 Å². The van der Waals surface area contributed by atoms with Crippen LogP contribution in [0.25, 0.3) is 10.9 Å². The average Bonchev–Trinajstić information content (AvgIpc) is 3.17. The Labute approximate surface area is 170 Å². The molecule has 0 aliphatic carbocycles. The van der Waals surface area contributed by atoms with Gasteiger partial charge in [0.25, 0.3) is 5.56 Å². The Morgan fingerprint density at radius 2 is 2.10 bits per heavy atom. The molecule has 0 bridgehead atoms. The van der Waals surface area contributed by atoms with E-state index < -0.39 is 17.4 Å². The largest absolute Gasteiger partial charge is 0.507 e. The summed E-state index contributed by atoms with van der Waals surface area (Å²) in [5, 5.41) is 11.7. The average molecular weight is 416 g/mol. The highest BCUT2D eigenvalue weighted by molar-refractivity contribution is 6.32. The summed E-state index contributed by atoms with van der Waals surface area (Å²) in [4.78, 5) is 27.9. The van der Waals surface area contributed by atoms with Gasteiger partial charge in [-0.25, -0.2) is 0 Å². The first-order valence-corrected chi connectivity index (χ1v) is 9.46. The van der Waals surface area contributed by atoms with E-state index >= 15 is 0 Å². The number of aromatic nitrogens is 1. The number of carbonyl (C=O) groups is 1. The number of hydrogen-bond acceptors (Lipinski definition) is 6. The highest BCUT2D eigenvalue weighted by Crippen LogP contribution is 2.44. The summed E-state index contributed by atoms with van der Waals surface area (Å²) in [6.45, 7) is 1.93. The second-order valence-corrected chi connectivity index (χ2v) is 6.97. The third-order valence-electron chi connectivity index (χ3n) is 4.81. The van der Waals surface area contributed by atoms with Gasteiger partial charge >= 0.3 is 5.97 Å². The molecule has 2 heterocycles. The number of esters is 1. The van der Waals surface area contributed by atoms with Gasteiger partial charge in [-0.15, -0.1) is 0 Å². The maximum Gasteiger partial charge on any atom is 0.306 e. The van der Waals surface area contributed by atoms with E-state index in [2.05, 4.69) is 4.98 Å². The summed E-state index contributed by atoms with van der Waals surface area (Å²) < 4.78 is 15.8. The Bertz CT molecular complexity index is 1160. The molecule has 0 spiro atoms. The van der Waals surface area contributed by atoms with Gasteiger partial charge in [0.05, 0.1) is 29.1 Å². The molecule has 0 saturated carbocycles. The minimum atomic E-state index is -0.797. The summed E-state index contributed by atoms with van der Waals surface area (Å²) in [5.41, 5.74) is 0.594. The van der Waals surface area contributed by atoms with Crippen LogP contribution < -0.4 is 15.0 Å². The van der Waals surface area contributed by atoms with Crippen molar-refractivity contribution in [2.45, 2.75) is 19.3 Å². The highest BCUT2D eigenvalue weighted by Gasteiger charge is 2.29. The van der Waals surface area contributed by atoms with Gasteiger partial charge < -0.3 is 24.3 Å². The van der Waals surface area contributed by atoms with Gasteiger partial charge in [-0.3, -0.25) is 9.59 Å². The first kappa shape index (κ1) is 19.1. The van der Waals surface area contributed by atoms with Crippen LogP contribution in [0.15, 0.2) is 41.2 Å². The normalized spacial score (nSPS) is 13.4. The van der Waals surface area contributed by atoms with Crippen LogP contribution in [0.3, 0.4) is 0 Å². The van der Waals surface area contributed by atoms with E-state index in [1.165, 1.54) is 0 Å². The molecule has 1 aromatic heterocycles. The van der Waals surface area contributed by atoms with Crippen LogP contribution in [0.5, 0.6) is 17.2 Å². The van der Waals surface area contributed by atoms with E-state index in [1.807, 2.05) is 0 Å². The number of halogens is 1. The Balaban J connectivity index is 1.91. The lowest BCUT2D eigenvalue weighted by Gasteiger charge is -2.19. The monoisotopic (exact) mass is 415 g/mol. The number of para-hydroxylation sites is 1. The molecule has 29 heavy (non-hydrogen) atoms. The lowest BCUT2D eigenvalue weighted by molar-refractivity contribution is -0.143. The molecule has 0 radical (unpaired) electrons. The van der Waals surface area contributed by atoms with Gasteiger partial charge in [0, 0.05) is 11.3 Å². The molecular formula is C21H18ClNO6. The van der Waals surface area contributed by atoms with Crippen molar-refractivity contribution in [3.8, 4) is 17.2 Å². The predicted molar refractivity (Wildman–Crippen MR) is 107 cm³/mol. The molecule has 0 amide bonds. The Morgan fingerprint density at radius 1 is 1.31 bits per heavy atom. The molecule has 1 aliphatic rings. The SMILES string of the molecule is CCOC(=O)C[C@@H](c1cc(Cl)c2c(c1)OCO2)c1c(O)c2ccccc2[nH]c1=O. The zero-order valence-electron chi connectivity index (χ0n) is 15.5. The Morgan fingerprint density at radius 3 is 2.90 bits per heavy atom. The number of aromatic hydroxyl groups is 1. The standard InChI is InChI=1S/C21H18ClNO6/c1-2-27-17(24)9-13(11-7-14(22)20-16(8-11)28-10-29-20)18-19(25)12-5-3-4-6-15(12)23-21(18)26/h3-8,13H,2,9-10H2,1H3,(H2,23,25,26)/t13-/m0/s1. The lowest BCUT2D eigenvalue weighted by Crippen LogP contribution is -2.21. The first-order chi connectivity index (χ1) is 14.0. The minimum absolute atomic E-state index is 0.0306. The van der Waals surface area contributed by atoms with Crippen LogP contribution in [0.4, 0.5) is 0 Å². The smallest absolute Gasteiger partial charge is 0.306 e. The zero-order chi connectivity index (χ0) is 20.5. The Kier molecular flexibility index (Phi) is 5.07. The number of aromatic amines is 1. The number of H-pyrrole nitrogens is 1. The van der Waals surface area contributed by atoms with Gasteiger partial charge in [0.1, 0.15) is 5.75 Å². The fourth-order valence-electron chi connectivity index (χ4n) is 3.53. The maximum absolute atomic E-state index is 12.9. The maximum atomic E-state index is 12.9. The van der Waals surface area contributed by atoms with Crippen molar-refractivity contribution in [2.75, 3.05) is 13.4 Å². The van der Waals surface area contributed by atoms with E-state index in [1.54, 1.807) is 43.3 Å². The molecule has 150 valence electrons. The molecule has 3 aromatic rings. The number of hydrogen-bond donors (Lipinski definition) is 2. The third kappa shape index (κ3) is 3.49. The van der Waals surface area contributed by atoms with E-state index in [-0.39, 0.29) is 31.1 Å². The summed E-state index contributed by atoms with van der Waals surface area (Å²) in [5.74, 6) is -0.667. The van der Waals surface area contributed by atoms with E-state index in [9.17, 15) is 14.7 Å². The van der Waals surface area contributed by atoms with E-state index in [0.29, 0.717) is 33.0 Å². The molecule has 8 heteroatoms. The van der Waals surface area contributed by atoms with Crippen LogP contribution in [0.1, 0.15) is 30.4 Å². The third-order valence-corrected chi connectivity index (χ3v) is 5.09. The number of rotatable bonds is 5. The number of nitrogens with one attached hydrogen (secondary N) is 1. The molecule has 4 rings (SSSR count). The fourth-order valence-corrected chi connectivity index (χ4v) is 3.80. The predicted octanol–water partition coefficient (Wildman–Crippen LogP) is 3.70. The second kappa shape index (κ2) is 7.67. The first-order valence-electron chi connectivity index (χ1n) is 9.08. The molecule has 1 atom stereocenters. The van der Waals surface area contributed by atoms with Gasteiger partial charge in [-0.2, -0.15) is 0 Å². The van der Waals surface area contributed by atoms with Gasteiger partial charge in [0.2, 0.25) is 6.79 Å². The number of fused-ring (bicyclic) bond motifs is 2. The summed E-state index contributed by atoms with van der Waals surface area (Å²) in [6, 6.07) is 10.2. The highest BCUT2D eigenvalue weighted by atomic mass is 35.5. The molecular weight excluding hydrogens is 398 g/mol. The van der Waals surface area contributed by atoms with Crippen molar-refractivity contribution in [1.29, 1.82) is 0 Å². The summed E-state index contributed by atoms with van der Waals surface area (Å²) in [6.07, 6.45) is -0.154. The number of benzene rings is 2. The van der Waals surface area contributed by atoms with Gasteiger partial charge in [0.15, 0.2) is 11.5 Å². The molecule has 0 fully saturated rings. The lowest BCUT2D eigenvalue weighted by atomic mass is 9.87. The van der Waals surface area contributed by atoms with E-state index in [4.69, 9.17) is 25.8 Å². The zero-order valence-corrected chi connectivity index (χ0v) is 16.3. The van der Waals surface area contributed by atoms with Crippen molar-refractivity contribution < 1.29 is 24.1 Å². The van der Waals surface area contributed by atoms with Crippen LogP contribution in [0.2, 0.25) is 5.02 Å². The van der Waals surface area contributed by atoms with Crippen LogP contribution in [0, 0.1) is 0 Å². The van der Waals surface area contributed by atoms with Crippen LogP contribution in [-0.2, 0) is 9.53 Å².